The summed E-state index contributed by atoms with van der Waals surface area (Å²) in [5.74, 6) is -0.383. The van der Waals surface area contributed by atoms with Gasteiger partial charge in [0.1, 0.15) is 5.82 Å². The van der Waals surface area contributed by atoms with Crippen molar-refractivity contribution in [3.8, 4) is 0 Å². The SMILES string of the molecule is CCCc1ccccc1Nc1cc(C(=O)O)cc(C)n1. The van der Waals surface area contributed by atoms with Gasteiger partial charge in [-0.3, -0.25) is 0 Å². The molecular formula is C16H18N2O2. The molecule has 2 aromatic rings. The molecule has 0 spiro atoms. The molecule has 0 radical (unpaired) electrons. The van der Waals surface area contributed by atoms with E-state index in [2.05, 4.69) is 23.3 Å². The summed E-state index contributed by atoms with van der Waals surface area (Å²) < 4.78 is 0. The number of hydrogen-bond acceptors (Lipinski definition) is 3. The normalized spacial score (nSPS) is 10.3. The lowest BCUT2D eigenvalue weighted by atomic mass is 10.1. The zero-order valence-electron chi connectivity index (χ0n) is 11.7. The smallest absolute Gasteiger partial charge is 0.335 e. The van der Waals surface area contributed by atoms with Gasteiger partial charge in [-0.05, 0) is 37.1 Å². The van der Waals surface area contributed by atoms with Crippen molar-refractivity contribution in [2.24, 2.45) is 0 Å². The van der Waals surface area contributed by atoms with Crippen molar-refractivity contribution in [2.75, 3.05) is 5.32 Å². The van der Waals surface area contributed by atoms with Crippen LogP contribution in [0.25, 0.3) is 0 Å². The summed E-state index contributed by atoms with van der Waals surface area (Å²) in [6, 6.07) is 11.1. The second kappa shape index (κ2) is 6.19. The molecule has 0 saturated heterocycles. The minimum absolute atomic E-state index is 0.243. The van der Waals surface area contributed by atoms with Crippen molar-refractivity contribution < 1.29 is 9.90 Å². The van der Waals surface area contributed by atoms with Crippen LogP contribution in [0, 0.1) is 6.92 Å². The van der Waals surface area contributed by atoms with Crippen LogP contribution < -0.4 is 5.32 Å². The lowest BCUT2D eigenvalue weighted by molar-refractivity contribution is 0.0696. The first-order valence-corrected chi connectivity index (χ1v) is 6.67. The van der Waals surface area contributed by atoms with Crippen LogP contribution in [0.4, 0.5) is 11.5 Å². The highest BCUT2D eigenvalue weighted by atomic mass is 16.4. The molecule has 0 atom stereocenters. The number of para-hydroxylation sites is 1. The summed E-state index contributed by atoms with van der Waals surface area (Å²) in [7, 11) is 0. The molecule has 0 unspecified atom stereocenters. The van der Waals surface area contributed by atoms with Crippen molar-refractivity contribution in [1.29, 1.82) is 0 Å². The summed E-state index contributed by atoms with van der Waals surface area (Å²) >= 11 is 0. The van der Waals surface area contributed by atoms with Gasteiger partial charge in [-0.15, -0.1) is 0 Å². The molecular weight excluding hydrogens is 252 g/mol. The van der Waals surface area contributed by atoms with E-state index in [-0.39, 0.29) is 5.56 Å². The number of aromatic carboxylic acids is 1. The van der Waals surface area contributed by atoms with Gasteiger partial charge >= 0.3 is 5.97 Å². The zero-order valence-corrected chi connectivity index (χ0v) is 11.7. The van der Waals surface area contributed by atoms with E-state index >= 15 is 0 Å². The van der Waals surface area contributed by atoms with Gasteiger partial charge in [0.05, 0.1) is 5.56 Å². The van der Waals surface area contributed by atoms with Gasteiger partial charge in [-0.25, -0.2) is 9.78 Å². The van der Waals surface area contributed by atoms with E-state index in [1.54, 1.807) is 19.1 Å². The highest BCUT2D eigenvalue weighted by Gasteiger charge is 2.08. The molecule has 0 saturated carbocycles. The lowest BCUT2D eigenvalue weighted by Gasteiger charge is -2.12. The third kappa shape index (κ3) is 3.35. The first-order valence-electron chi connectivity index (χ1n) is 6.67. The Morgan fingerprint density at radius 2 is 2.05 bits per heavy atom. The number of benzene rings is 1. The standard InChI is InChI=1S/C16H18N2O2/c1-3-6-12-7-4-5-8-14(12)18-15-10-13(16(19)20)9-11(2)17-15/h4-5,7-10H,3,6H2,1-2H3,(H,17,18)(H,19,20). The Balaban J connectivity index is 2.32. The molecule has 104 valence electrons. The number of nitrogens with one attached hydrogen (secondary N) is 1. The monoisotopic (exact) mass is 270 g/mol. The molecule has 1 aromatic heterocycles. The fourth-order valence-corrected chi connectivity index (χ4v) is 2.12. The van der Waals surface area contributed by atoms with Crippen LogP contribution in [0.2, 0.25) is 0 Å². The van der Waals surface area contributed by atoms with Crippen molar-refractivity contribution in [3.63, 3.8) is 0 Å². The molecule has 0 bridgehead atoms. The molecule has 0 fully saturated rings. The third-order valence-corrected chi connectivity index (χ3v) is 3.00. The summed E-state index contributed by atoms with van der Waals surface area (Å²) in [6.45, 7) is 3.92. The van der Waals surface area contributed by atoms with E-state index < -0.39 is 5.97 Å². The number of rotatable bonds is 5. The van der Waals surface area contributed by atoms with Gasteiger partial charge in [0.2, 0.25) is 0 Å². The average Bonchev–Trinajstić information content (AvgIpc) is 2.40. The van der Waals surface area contributed by atoms with Crippen LogP contribution in [0.1, 0.15) is 35.0 Å². The Morgan fingerprint density at radius 3 is 2.75 bits per heavy atom. The molecule has 1 aromatic carbocycles. The predicted octanol–water partition coefficient (Wildman–Crippen LogP) is 3.78. The molecule has 0 aliphatic carbocycles. The molecule has 1 heterocycles. The van der Waals surface area contributed by atoms with Gasteiger partial charge in [0.15, 0.2) is 0 Å². The maximum absolute atomic E-state index is 11.1. The van der Waals surface area contributed by atoms with E-state index in [1.165, 1.54) is 5.56 Å². The van der Waals surface area contributed by atoms with Gasteiger partial charge in [0, 0.05) is 11.4 Å². The van der Waals surface area contributed by atoms with Crippen molar-refractivity contribution in [1.82, 2.24) is 4.98 Å². The van der Waals surface area contributed by atoms with Gasteiger partial charge in [0.25, 0.3) is 0 Å². The highest BCUT2D eigenvalue weighted by Crippen LogP contribution is 2.22. The topological polar surface area (TPSA) is 62.2 Å². The molecule has 4 nitrogen and oxygen atoms in total. The molecule has 0 amide bonds. The van der Waals surface area contributed by atoms with Gasteiger partial charge in [-0.1, -0.05) is 31.5 Å². The second-order valence-corrected chi connectivity index (χ2v) is 4.72. The fourth-order valence-electron chi connectivity index (χ4n) is 2.12. The summed E-state index contributed by atoms with van der Waals surface area (Å²) in [5, 5.41) is 12.3. The molecule has 0 aliphatic rings. The summed E-state index contributed by atoms with van der Waals surface area (Å²) in [5.41, 5.74) is 3.10. The number of aryl methyl sites for hydroxylation is 2. The van der Waals surface area contributed by atoms with Crippen molar-refractivity contribution in [3.05, 3.63) is 53.2 Å². The van der Waals surface area contributed by atoms with Gasteiger partial charge in [-0.2, -0.15) is 0 Å². The summed E-state index contributed by atoms with van der Waals surface area (Å²) in [4.78, 5) is 15.4. The number of anilines is 2. The maximum Gasteiger partial charge on any atom is 0.335 e. The maximum atomic E-state index is 11.1. The Bertz CT molecular complexity index is 624. The number of carboxylic acids is 1. The van der Waals surface area contributed by atoms with E-state index in [0.29, 0.717) is 11.5 Å². The zero-order chi connectivity index (χ0) is 14.5. The van der Waals surface area contributed by atoms with Crippen molar-refractivity contribution in [2.45, 2.75) is 26.7 Å². The number of carboxylic acid groups (broad SMARTS) is 1. The van der Waals surface area contributed by atoms with E-state index in [4.69, 9.17) is 5.11 Å². The number of pyridine rings is 1. The molecule has 0 aliphatic heterocycles. The average molecular weight is 270 g/mol. The molecule has 20 heavy (non-hydrogen) atoms. The van der Waals surface area contributed by atoms with Crippen LogP contribution in [0.5, 0.6) is 0 Å². The minimum Gasteiger partial charge on any atom is -0.478 e. The van der Waals surface area contributed by atoms with Crippen LogP contribution in [-0.4, -0.2) is 16.1 Å². The lowest BCUT2D eigenvalue weighted by Crippen LogP contribution is -2.03. The van der Waals surface area contributed by atoms with Crippen molar-refractivity contribution >= 4 is 17.5 Å². The first-order chi connectivity index (χ1) is 9.60. The number of hydrogen-bond donors (Lipinski definition) is 2. The number of nitrogens with zero attached hydrogens (tertiary/aromatic N) is 1. The van der Waals surface area contributed by atoms with E-state index in [9.17, 15) is 4.79 Å². The van der Waals surface area contributed by atoms with Crippen LogP contribution in [-0.2, 0) is 6.42 Å². The first kappa shape index (κ1) is 14.1. The minimum atomic E-state index is -0.944. The number of carbonyl (C=O) groups is 1. The van der Waals surface area contributed by atoms with Crippen LogP contribution in [0.3, 0.4) is 0 Å². The molecule has 4 heteroatoms. The van der Waals surface area contributed by atoms with E-state index in [1.807, 2.05) is 18.2 Å². The van der Waals surface area contributed by atoms with Crippen LogP contribution in [0.15, 0.2) is 36.4 Å². The van der Waals surface area contributed by atoms with Gasteiger partial charge < -0.3 is 10.4 Å². The number of aromatic nitrogens is 1. The Hall–Kier alpha value is -2.36. The third-order valence-electron chi connectivity index (χ3n) is 3.00. The van der Waals surface area contributed by atoms with E-state index in [0.717, 1.165) is 18.5 Å². The fraction of sp³-hybridized carbons (Fsp3) is 0.250. The Morgan fingerprint density at radius 1 is 1.30 bits per heavy atom. The Labute approximate surface area is 118 Å². The molecule has 2 N–H and O–H groups in total. The summed E-state index contributed by atoms with van der Waals surface area (Å²) in [6.07, 6.45) is 2.03. The quantitative estimate of drug-likeness (QED) is 0.867. The second-order valence-electron chi connectivity index (χ2n) is 4.72. The predicted molar refractivity (Wildman–Crippen MR) is 79.7 cm³/mol. The Kier molecular flexibility index (Phi) is 4.35. The highest BCUT2D eigenvalue weighted by molar-refractivity contribution is 5.88. The largest absolute Gasteiger partial charge is 0.478 e. The van der Waals surface area contributed by atoms with Crippen LogP contribution >= 0.6 is 0 Å². The molecule has 2 rings (SSSR count).